The van der Waals surface area contributed by atoms with E-state index >= 15 is 0 Å². The van der Waals surface area contributed by atoms with Crippen molar-refractivity contribution in [2.45, 2.75) is 25.4 Å². The highest BCUT2D eigenvalue weighted by molar-refractivity contribution is 5.25. The van der Waals surface area contributed by atoms with Gasteiger partial charge in [0.1, 0.15) is 5.82 Å². The molecule has 0 saturated heterocycles. The molecule has 1 aromatic rings. The zero-order chi connectivity index (χ0) is 9.97. The Hall–Kier alpha value is -1.15. The van der Waals surface area contributed by atoms with Gasteiger partial charge in [0.2, 0.25) is 0 Å². The number of allylic oxidation sites excluding steroid dienone is 1. The molecule has 1 aliphatic carbocycles. The molecule has 1 aliphatic rings. The first kappa shape index (κ1) is 9.41. The van der Waals surface area contributed by atoms with Crippen LogP contribution in [-0.2, 0) is 6.42 Å². The van der Waals surface area contributed by atoms with E-state index in [0.29, 0.717) is 0 Å². The van der Waals surface area contributed by atoms with E-state index < -0.39 is 0 Å². The van der Waals surface area contributed by atoms with E-state index in [1.165, 1.54) is 17.7 Å². The molecule has 1 aromatic carbocycles. The molecule has 0 radical (unpaired) electrons. The molecule has 0 spiro atoms. The van der Waals surface area contributed by atoms with Gasteiger partial charge in [-0.25, -0.2) is 4.39 Å². The summed E-state index contributed by atoms with van der Waals surface area (Å²) in [7, 11) is 0. The molecular weight excluding hydrogens is 179 g/mol. The molecule has 0 bridgehead atoms. The summed E-state index contributed by atoms with van der Waals surface area (Å²) in [6, 6.07) is 6.53. The average molecular weight is 192 g/mol. The summed E-state index contributed by atoms with van der Waals surface area (Å²) in [5.74, 6) is -0.200. The first-order valence-corrected chi connectivity index (χ1v) is 4.86. The van der Waals surface area contributed by atoms with Gasteiger partial charge in [0.05, 0.1) is 6.10 Å². The van der Waals surface area contributed by atoms with Gasteiger partial charge < -0.3 is 5.11 Å². The fraction of sp³-hybridized carbons (Fsp3) is 0.333. The minimum Gasteiger partial charge on any atom is -0.389 e. The van der Waals surface area contributed by atoms with E-state index in [1.807, 2.05) is 6.08 Å². The van der Waals surface area contributed by atoms with Crippen LogP contribution in [0.15, 0.2) is 35.9 Å². The highest BCUT2D eigenvalue weighted by atomic mass is 19.1. The Morgan fingerprint density at radius 3 is 2.57 bits per heavy atom. The highest BCUT2D eigenvalue weighted by Crippen LogP contribution is 2.22. The summed E-state index contributed by atoms with van der Waals surface area (Å²) in [6.07, 6.45) is 4.25. The van der Waals surface area contributed by atoms with Gasteiger partial charge in [0.15, 0.2) is 0 Å². The quantitative estimate of drug-likeness (QED) is 0.713. The minimum atomic E-state index is -0.273. The fourth-order valence-corrected chi connectivity index (χ4v) is 1.78. The van der Waals surface area contributed by atoms with Gasteiger partial charge in [-0.2, -0.15) is 0 Å². The van der Waals surface area contributed by atoms with Gasteiger partial charge in [-0.15, -0.1) is 0 Å². The molecule has 2 rings (SSSR count). The monoisotopic (exact) mass is 192 g/mol. The minimum absolute atomic E-state index is 0.200. The summed E-state index contributed by atoms with van der Waals surface area (Å²) < 4.78 is 12.6. The maximum atomic E-state index is 12.6. The lowest BCUT2D eigenvalue weighted by molar-refractivity contribution is 0.223. The molecule has 14 heavy (non-hydrogen) atoms. The second-order valence-corrected chi connectivity index (χ2v) is 3.73. The third-order valence-electron chi connectivity index (χ3n) is 2.53. The van der Waals surface area contributed by atoms with Crippen LogP contribution >= 0.6 is 0 Å². The molecule has 1 unspecified atom stereocenters. The van der Waals surface area contributed by atoms with Gasteiger partial charge in [-0.1, -0.05) is 23.8 Å². The zero-order valence-electron chi connectivity index (χ0n) is 7.91. The predicted molar refractivity (Wildman–Crippen MR) is 53.4 cm³/mol. The second-order valence-electron chi connectivity index (χ2n) is 3.73. The van der Waals surface area contributed by atoms with E-state index in [4.69, 9.17) is 0 Å². The van der Waals surface area contributed by atoms with Crippen molar-refractivity contribution < 1.29 is 9.50 Å². The first-order chi connectivity index (χ1) is 6.74. The van der Waals surface area contributed by atoms with Crippen LogP contribution in [0.2, 0.25) is 0 Å². The van der Waals surface area contributed by atoms with Crippen LogP contribution in [0, 0.1) is 5.82 Å². The topological polar surface area (TPSA) is 20.2 Å². The Kier molecular flexibility index (Phi) is 2.64. The molecule has 1 nitrogen and oxygen atoms in total. The number of hydrogen-bond acceptors (Lipinski definition) is 1. The van der Waals surface area contributed by atoms with E-state index in [2.05, 4.69) is 0 Å². The van der Waals surface area contributed by atoms with Crippen LogP contribution in [0.25, 0.3) is 0 Å². The number of halogens is 1. The van der Waals surface area contributed by atoms with Crippen LogP contribution in [0.5, 0.6) is 0 Å². The maximum Gasteiger partial charge on any atom is 0.123 e. The second kappa shape index (κ2) is 3.93. The Labute approximate surface area is 82.9 Å². The molecule has 0 aliphatic heterocycles. The zero-order valence-corrected chi connectivity index (χ0v) is 7.91. The van der Waals surface area contributed by atoms with Crippen molar-refractivity contribution in [2.24, 2.45) is 0 Å². The van der Waals surface area contributed by atoms with Crippen LogP contribution in [0.1, 0.15) is 18.4 Å². The predicted octanol–water partition coefficient (Wildman–Crippen LogP) is 2.45. The van der Waals surface area contributed by atoms with Crippen molar-refractivity contribution in [3.05, 3.63) is 47.3 Å². The van der Waals surface area contributed by atoms with Crippen molar-refractivity contribution in [1.82, 2.24) is 0 Å². The lowest BCUT2D eigenvalue weighted by Gasteiger charge is -2.01. The number of hydrogen-bond donors (Lipinski definition) is 1. The van der Waals surface area contributed by atoms with Crippen LogP contribution in [0.3, 0.4) is 0 Å². The standard InChI is InChI=1S/C12H13FO/c13-11-4-1-9(2-5-11)7-10-3-6-12(14)8-10/h1-2,4-5,8,12,14H,3,6-7H2. The summed E-state index contributed by atoms with van der Waals surface area (Å²) in [5.41, 5.74) is 2.36. The van der Waals surface area contributed by atoms with E-state index in [0.717, 1.165) is 24.8 Å². The Bertz CT molecular complexity index is 340. The first-order valence-electron chi connectivity index (χ1n) is 4.86. The SMILES string of the molecule is OC1C=C(Cc2ccc(F)cc2)CC1. The van der Waals surface area contributed by atoms with Crippen molar-refractivity contribution in [3.8, 4) is 0 Å². The third-order valence-corrected chi connectivity index (χ3v) is 2.53. The van der Waals surface area contributed by atoms with Crippen LogP contribution in [-0.4, -0.2) is 11.2 Å². The van der Waals surface area contributed by atoms with E-state index in [1.54, 1.807) is 12.1 Å². The molecule has 1 atom stereocenters. The normalized spacial score (nSPS) is 21.0. The van der Waals surface area contributed by atoms with E-state index in [9.17, 15) is 9.50 Å². The molecular formula is C12H13FO. The van der Waals surface area contributed by atoms with Gasteiger partial charge in [-0.3, -0.25) is 0 Å². The summed E-state index contributed by atoms with van der Waals surface area (Å²) in [6.45, 7) is 0. The smallest absolute Gasteiger partial charge is 0.123 e. The molecule has 0 saturated carbocycles. The van der Waals surface area contributed by atoms with Crippen molar-refractivity contribution in [2.75, 3.05) is 0 Å². The van der Waals surface area contributed by atoms with E-state index in [-0.39, 0.29) is 11.9 Å². The Morgan fingerprint density at radius 1 is 1.29 bits per heavy atom. The molecule has 74 valence electrons. The van der Waals surface area contributed by atoms with Gasteiger partial charge in [-0.05, 0) is 37.0 Å². The number of aliphatic hydroxyl groups is 1. The molecule has 0 fully saturated rings. The van der Waals surface area contributed by atoms with Crippen LogP contribution in [0.4, 0.5) is 4.39 Å². The lowest BCUT2D eigenvalue weighted by atomic mass is 10.1. The average Bonchev–Trinajstić information content (AvgIpc) is 2.56. The van der Waals surface area contributed by atoms with Gasteiger partial charge in [0.25, 0.3) is 0 Å². The summed E-state index contributed by atoms with van der Waals surface area (Å²) in [5, 5.41) is 9.29. The maximum absolute atomic E-state index is 12.6. The van der Waals surface area contributed by atoms with Crippen molar-refractivity contribution >= 4 is 0 Å². The Morgan fingerprint density at radius 2 is 2.00 bits per heavy atom. The van der Waals surface area contributed by atoms with Crippen molar-refractivity contribution in [3.63, 3.8) is 0 Å². The molecule has 0 aromatic heterocycles. The van der Waals surface area contributed by atoms with Crippen LogP contribution < -0.4 is 0 Å². The highest BCUT2D eigenvalue weighted by Gasteiger charge is 2.12. The lowest BCUT2D eigenvalue weighted by Crippen LogP contribution is -1.93. The van der Waals surface area contributed by atoms with Gasteiger partial charge in [0, 0.05) is 0 Å². The molecule has 1 N–H and O–H groups in total. The number of aliphatic hydroxyl groups excluding tert-OH is 1. The summed E-state index contributed by atoms with van der Waals surface area (Å²) >= 11 is 0. The fourth-order valence-electron chi connectivity index (χ4n) is 1.78. The molecule has 2 heteroatoms. The largest absolute Gasteiger partial charge is 0.389 e. The number of benzene rings is 1. The Balaban J connectivity index is 2.04. The van der Waals surface area contributed by atoms with Gasteiger partial charge >= 0.3 is 0 Å². The summed E-state index contributed by atoms with van der Waals surface area (Å²) in [4.78, 5) is 0. The number of rotatable bonds is 2. The third kappa shape index (κ3) is 2.20. The van der Waals surface area contributed by atoms with Crippen molar-refractivity contribution in [1.29, 1.82) is 0 Å². The molecule has 0 heterocycles. The molecule has 0 amide bonds.